The summed E-state index contributed by atoms with van der Waals surface area (Å²) in [5.74, 6) is 1.46. The molecule has 3 aliphatic rings. The summed E-state index contributed by atoms with van der Waals surface area (Å²) >= 11 is 5.95. The van der Waals surface area contributed by atoms with Gasteiger partial charge in [0, 0.05) is 32.3 Å². The van der Waals surface area contributed by atoms with Crippen molar-refractivity contribution in [1.82, 2.24) is 19.5 Å². The molecule has 30 heavy (non-hydrogen) atoms. The summed E-state index contributed by atoms with van der Waals surface area (Å²) in [5, 5.41) is 0.132. The second kappa shape index (κ2) is 7.26. The number of methoxy groups -OCH3 is 1. The van der Waals surface area contributed by atoms with Gasteiger partial charge in [-0.05, 0) is 37.3 Å². The number of nitrogens with zero attached hydrogens (tertiary/aromatic N) is 5. The molecule has 2 aromatic heterocycles. The van der Waals surface area contributed by atoms with Gasteiger partial charge in [-0.15, -0.1) is 0 Å². The molecule has 0 N–H and O–H groups in total. The Hall–Kier alpha value is -2.07. The normalized spacial score (nSPS) is 26.1. The van der Waals surface area contributed by atoms with Gasteiger partial charge in [0.25, 0.3) is 0 Å². The molecule has 11 heteroatoms. The highest BCUT2D eigenvalue weighted by atomic mass is 35.5. The standard InChI is InChI=1S/C19H23ClF3N5O2/c1-27-9-13(19(21,22)23)25-15(27)18-6-4-17(5-7-18,11-30-18)10-28(2)14-12(29-3)8-24-16(20)26-14/h8-9H,4-7,10-11H2,1-3H3. The van der Waals surface area contributed by atoms with E-state index in [2.05, 4.69) is 15.0 Å². The van der Waals surface area contributed by atoms with Gasteiger partial charge in [-0.3, -0.25) is 0 Å². The van der Waals surface area contributed by atoms with E-state index in [1.807, 2.05) is 11.9 Å². The van der Waals surface area contributed by atoms with Gasteiger partial charge in [0.2, 0.25) is 5.28 Å². The van der Waals surface area contributed by atoms with E-state index in [1.165, 1.54) is 10.8 Å². The van der Waals surface area contributed by atoms with Gasteiger partial charge in [0.1, 0.15) is 11.4 Å². The smallest absolute Gasteiger partial charge is 0.434 e. The number of hydrogen-bond donors (Lipinski definition) is 0. The zero-order chi connectivity index (χ0) is 21.7. The maximum absolute atomic E-state index is 13.1. The monoisotopic (exact) mass is 445 g/mol. The molecule has 2 saturated heterocycles. The highest BCUT2D eigenvalue weighted by Gasteiger charge is 2.53. The molecule has 0 radical (unpaired) electrons. The van der Waals surface area contributed by atoms with Crippen LogP contribution in [0, 0.1) is 5.41 Å². The van der Waals surface area contributed by atoms with Crippen molar-refractivity contribution in [1.29, 1.82) is 0 Å². The van der Waals surface area contributed by atoms with Crippen LogP contribution in [-0.4, -0.2) is 46.8 Å². The zero-order valence-electron chi connectivity index (χ0n) is 17.0. The Balaban J connectivity index is 1.52. The molecule has 1 aliphatic carbocycles. The number of fused-ring (bicyclic) bond motifs is 3. The van der Waals surface area contributed by atoms with Crippen molar-refractivity contribution in [3.8, 4) is 5.75 Å². The molecule has 2 bridgehead atoms. The van der Waals surface area contributed by atoms with Crippen LogP contribution < -0.4 is 9.64 Å². The van der Waals surface area contributed by atoms with Crippen LogP contribution in [0.4, 0.5) is 19.0 Å². The molecule has 0 aromatic carbocycles. The van der Waals surface area contributed by atoms with Gasteiger partial charge >= 0.3 is 6.18 Å². The first-order valence-electron chi connectivity index (χ1n) is 9.60. The van der Waals surface area contributed by atoms with Crippen LogP contribution in [0.15, 0.2) is 12.4 Å². The fourth-order valence-corrected chi connectivity index (χ4v) is 4.75. The third kappa shape index (κ3) is 3.60. The Morgan fingerprint density at radius 2 is 1.97 bits per heavy atom. The lowest BCUT2D eigenvalue weighted by atomic mass is 9.65. The second-order valence-electron chi connectivity index (χ2n) is 8.23. The first-order valence-corrected chi connectivity index (χ1v) is 9.98. The number of aryl methyl sites for hydroxylation is 1. The van der Waals surface area contributed by atoms with Crippen molar-refractivity contribution in [2.24, 2.45) is 12.5 Å². The Bertz CT molecular complexity index is 924. The third-order valence-corrected chi connectivity index (χ3v) is 6.39. The van der Waals surface area contributed by atoms with Gasteiger partial charge in [-0.2, -0.15) is 18.2 Å². The largest absolute Gasteiger partial charge is 0.491 e. The fourth-order valence-electron chi connectivity index (χ4n) is 4.62. The lowest BCUT2D eigenvalue weighted by Crippen LogP contribution is -2.54. The minimum absolute atomic E-state index is 0.128. The molecule has 164 valence electrons. The van der Waals surface area contributed by atoms with Crippen LogP contribution in [0.1, 0.15) is 37.2 Å². The molecule has 0 amide bonds. The van der Waals surface area contributed by atoms with E-state index in [0.717, 1.165) is 19.0 Å². The lowest BCUT2D eigenvalue weighted by molar-refractivity contribution is -0.191. The van der Waals surface area contributed by atoms with Crippen LogP contribution in [-0.2, 0) is 23.6 Å². The summed E-state index contributed by atoms with van der Waals surface area (Å²) in [4.78, 5) is 14.1. The van der Waals surface area contributed by atoms with E-state index in [0.29, 0.717) is 43.4 Å². The molecule has 0 spiro atoms. The summed E-state index contributed by atoms with van der Waals surface area (Å²) in [7, 11) is 5.04. The molecule has 0 atom stereocenters. The second-order valence-corrected chi connectivity index (χ2v) is 8.57. The SMILES string of the molecule is COc1cnc(Cl)nc1N(C)CC12CCC(c3nc(C(F)(F)F)cn3C)(CC1)OC2. The van der Waals surface area contributed by atoms with Crippen molar-refractivity contribution in [2.45, 2.75) is 37.5 Å². The number of rotatable bonds is 5. The predicted molar refractivity (Wildman–Crippen MR) is 104 cm³/mol. The number of hydrogen-bond acceptors (Lipinski definition) is 6. The van der Waals surface area contributed by atoms with Gasteiger partial charge in [0.05, 0.1) is 19.9 Å². The summed E-state index contributed by atoms with van der Waals surface area (Å²) in [6, 6.07) is 0. The average Bonchev–Trinajstić information content (AvgIpc) is 3.12. The molecular weight excluding hydrogens is 423 g/mol. The quantitative estimate of drug-likeness (QED) is 0.652. The number of aromatic nitrogens is 4. The van der Waals surface area contributed by atoms with Crippen molar-refractivity contribution in [3.05, 3.63) is 29.2 Å². The van der Waals surface area contributed by atoms with Crippen molar-refractivity contribution in [2.75, 3.05) is 32.2 Å². The van der Waals surface area contributed by atoms with E-state index in [4.69, 9.17) is 21.1 Å². The maximum atomic E-state index is 13.1. The highest BCUT2D eigenvalue weighted by molar-refractivity contribution is 6.28. The van der Waals surface area contributed by atoms with Gasteiger partial charge in [-0.25, -0.2) is 9.97 Å². The Morgan fingerprint density at radius 3 is 2.50 bits per heavy atom. The summed E-state index contributed by atoms with van der Waals surface area (Å²) in [6.07, 6.45) is 0.944. The van der Waals surface area contributed by atoms with E-state index < -0.39 is 17.5 Å². The van der Waals surface area contributed by atoms with Crippen LogP contribution in [0.25, 0.3) is 0 Å². The average molecular weight is 446 g/mol. The highest BCUT2D eigenvalue weighted by Crippen LogP contribution is 2.54. The Labute approximate surface area is 177 Å². The van der Waals surface area contributed by atoms with Crippen molar-refractivity contribution in [3.63, 3.8) is 0 Å². The van der Waals surface area contributed by atoms with E-state index >= 15 is 0 Å². The number of halogens is 4. The summed E-state index contributed by atoms with van der Waals surface area (Å²) < 4.78 is 52.3. The molecule has 5 rings (SSSR count). The van der Waals surface area contributed by atoms with Gasteiger partial charge in [0.15, 0.2) is 17.3 Å². The van der Waals surface area contributed by atoms with E-state index in [9.17, 15) is 13.2 Å². The molecule has 2 aliphatic heterocycles. The number of ether oxygens (including phenoxy) is 2. The summed E-state index contributed by atoms with van der Waals surface area (Å²) in [5.41, 5.74) is -1.78. The minimum atomic E-state index is -4.47. The molecule has 1 saturated carbocycles. The fraction of sp³-hybridized carbons (Fsp3) is 0.632. The molecule has 3 fully saturated rings. The molecule has 4 heterocycles. The number of alkyl halides is 3. The maximum Gasteiger partial charge on any atom is 0.434 e. The van der Waals surface area contributed by atoms with Crippen LogP contribution >= 0.6 is 11.6 Å². The van der Waals surface area contributed by atoms with Crippen molar-refractivity contribution < 1.29 is 22.6 Å². The first-order chi connectivity index (χ1) is 14.1. The third-order valence-electron chi connectivity index (χ3n) is 6.21. The van der Waals surface area contributed by atoms with Crippen LogP contribution in [0.3, 0.4) is 0 Å². The minimum Gasteiger partial charge on any atom is -0.491 e. The Kier molecular flexibility index (Phi) is 5.13. The van der Waals surface area contributed by atoms with Crippen LogP contribution in [0.5, 0.6) is 5.75 Å². The first kappa shape index (κ1) is 21.2. The van der Waals surface area contributed by atoms with Gasteiger partial charge < -0.3 is 18.9 Å². The molecule has 7 nitrogen and oxygen atoms in total. The van der Waals surface area contributed by atoms with E-state index in [-0.39, 0.29) is 10.7 Å². The molecule has 0 unspecified atom stereocenters. The molecule has 2 aromatic rings. The van der Waals surface area contributed by atoms with Crippen LogP contribution in [0.2, 0.25) is 5.28 Å². The number of imidazole rings is 1. The predicted octanol–water partition coefficient (Wildman–Crippen LogP) is 3.81. The summed E-state index contributed by atoms with van der Waals surface area (Å²) in [6.45, 7) is 1.09. The van der Waals surface area contributed by atoms with Gasteiger partial charge in [-0.1, -0.05) is 0 Å². The topological polar surface area (TPSA) is 65.3 Å². The Morgan fingerprint density at radius 1 is 1.27 bits per heavy atom. The van der Waals surface area contributed by atoms with Crippen molar-refractivity contribution >= 4 is 17.4 Å². The van der Waals surface area contributed by atoms with E-state index in [1.54, 1.807) is 14.2 Å². The zero-order valence-corrected chi connectivity index (χ0v) is 17.7. The number of anilines is 1. The molecular formula is C19H23ClF3N5O2. The lowest BCUT2D eigenvalue weighted by Gasteiger charge is -2.53.